The molecule has 1 aliphatic heterocycles. The number of hydrogen-bond acceptors (Lipinski definition) is 5. The fourth-order valence-corrected chi connectivity index (χ4v) is 3.72. The quantitative estimate of drug-likeness (QED) is 0.461. The molecule has 4 rings (SSSR count). The second-order valence-electron chi connectivity index (χ2n) is 8.28. The molecular formula is C24H32FN5O2. The van der Waals surface area contributed by atoms with Crippen LogP contribution in [0.5, 0.6) is 5.88 Å². The third-order valence-corrected chi connectivity index (χ3v) is 5.85. The molecule has 1 aromatic carbocycles. The normalized spacial score (nSPS) is 18.2. The Balaban J connectivity index is 1.30. The van der Waals surface area contributed by atoms with Crippen molar-refractivity contribution in [3.8, 4) is 5.88 Å². The maximum absolute atomic E-state index is 13.4. The van der Waals surface area contributed by atoms with Gasteiger partial charge in [0.15, 0.2) is 5.96 Å². The SMILES string of the molecule is CN=C(NCc1ccc(OCC2CC2)nc1)NCC(c1ccc(F)cc1)N1CCOCC1. The molecule has 0 radical (unpaired) electrons. The number of rotatable bonds is 9. The van der Waals surface area contributed by atoms with Crippen LogP contribution in [0.15, 0.2) is 47.6 Å². The summed E-state index contributed by atoms with van der Waals surface area (Å²) in [7, 11) is 1.75. The lowest BCUT2D eigenvalue weighted by Crippen LogP contribution is -2.46. The zero-order chi connectivity index (χ0) is 22.2. The lowest BCUT2D eigenvalue weighted by Gasteiger charge is -2.35. The number of pyridine rings is 1. The highest BCUT2D eigenvalue weighted by atomic mass is 19.1. The Kier molecular flexibility index (Phi) is 7.90. The third-order valence-electron chi connectivity index (χ3n) is 5.85. The molecule has 7 nitrogen and oxygen atoms in total. The van der Waals surface area contributed by atoms with E-state index in [1.807, 2.05) is 30.5 Å². The molecule has 0 spiro atoms. The van der Waals surface area contributed by atoms with Gasteiger partial charge in [-0.1, -0.05) is 18.2 Å². The summed E-state index contributed by atoms with van der Waals surface area (Å²) in [4.78, 5) is 11.1. The highest BCUT2D eigenvalue weighted by molar-refractivity contribution is 5.79. The molecule has 1 aromatic heterocycles. The molecule has 172 valence electrons. The predicted octanol–water partition coefficient (Wildman–Crippen LogP) is 2.75. The van der Waals surface area contributed by atoms with Gasteiger partial charge in [0, 0.05) is 45.5 Å². The maximum atomic E-state index is 13.4. The lowest BCUT2D eigenvalue weighted by atomic mass is 10.0. The summed E-state index contributed by atoms with van der Waals surface area (Å²) in [6, 6.07) is 10.8. The smallest absolute Gasteiger partial charge is 0.213 e. The van der Waals surface area contributed by atoms with E-state index in [4.69, 9.17) is 9.47 Å². The van der Waals surface area contributed by atoms with E-state index in [0.717, 1.165) is 30.8 Å². The van der Waals surface area contributed by atoms with Crippen LogP contribution in [0, 0.1) is 11.7 Å². The first-order valence-electron chi connectivity index (χ1n) is 11.3. The van der Waals surface area contributed by atoms with Crippen molar-refractivity contribution in [3.63, 3.8) is 0 Å². The van der Waals surface area contributed by atoms with Crippen molar-refractivity contribution >= 4 is 5.96 Å². The van der Waals surface area contributed by atoms with E-state index < -0.39 is 0 Å². The lowest BCUT2D eigenvalue weighted by molar-refractivity contribution is 0.0170. The summed E-state index contributed by atoms with van der Waals surface area (Å²) >= 11 is 0. The van der Waals surface area contributed by atoms with Gasteiger partial charge in [0.2, 0.25) is 5.88 Å². The number of guanidine groups is 1. The highest BCUT2D eigenvalue weighted by Crippen LogP contribution is 2.29. The number of morpholine rings is 1. The molecule has 0 bridgehead atoms. The van der Waals surface area contributed by atoms with Gasteiger partial charge in [-0.05, 0) is 42.0 Å². The van der Waals surface area contributed by atoms with Crippen molar-refractivity contribution in [2.45, 2.75) is 25.4 Å². The highest BCUT2D eigenvalue weighted by Gasteiger charge is 2.23. The van der Waals surface area contributed by atoms with Gasteiger partial charge in [0.05, 0.1) is 25.9 Å². The minimum Gasteiger partial charge on any atom is -0.477 e. The number of nitrogens with one attached hydrogen (secondary N) is 2. The van der Waals surface area contributed by atoms with Crippen LogP contribution in [0.2, 0.25) is 0 Å². The topological polar surface area (TPSA) is 71.0 Å². The number of benzene rings is 1. The molecule has 8 heteroatoms. The van der Waals surface area contributed by atoms with Gasteiger partial charge >= 0.3 is 0 Å². The average molecular weight is 442 g/mol. The molecule has 1 unspecified atom stereocenters. The van der Waals surface area contributed by atoms with Gasteiger partial charge in [-0.25, -0.2) is 9.37 Å². The van der Waals surface area contributed by atoms with Crippen molar-refractivity contribution < 1.29 is 13.9 Å². The molecule has 1 atom stereocenters. The summed E-state index contributed by atoms with van der Waals surface area (Å²) in [6.45, 7) is 5.12. The summed E-state index contributed by atoms with van der Waals surface area (Å²) < 4.78 is 24.6. The largest absolute Gasteiger partial charge is 0.477 e. The molecule has 1 saturated carbocycles. The molecule has 2 aliphatic rings. The number of aromatic nitrogens is 1. The van der Waals surface area contributed by atoms with E-state index in [0.29, 0.717) is 44.1 Å². The van der Waals surface area contributed by atoms with Crippen LogP contribution in [0.1, 0.15) is 30.0 Å². The Labute approximate surface area is 189 Å². The number of ether oxygens (including phenoxy) is 2. The van der Waals surface area contributed by atoms with E-state index in [1.165, 1.54) is 25.0 Å². The van der Waals surface area contributed by atoms with Gasteiger partial charge in [0.25, 0.3) is 0 Å². The zero-order valence-electron chi connectivity index (χ0n) is 18.6. The van der Waals surface area contributed by atoms with E-state index in [9.17, 15) is 4.39 Å². The number of aliphatic imine (C=N–C) groups is 1. The van der Waals surface area contributed by atoms with Crippen molar-refractivity contribution in [1.82, 2.24) is 20.5 Å². The molecule has 0 amide bonds. The molecular weight excluding hydrogens is 409 g/mol. The Morgan fingerprint density at radius 3 is 2.62 bits per heavy atom. The van der Waals surface area contributed by atoms with Crippen LogP contribution in [0.25, 0.3) is 0 Å². The number of halogens is 1. The predicted molar refractivity (Wildman–Crippen MR) is 122 cm³/mol. The molecule has 2 N–H and O–H groups in total. The van der Waals surface area contributed by atoms with Crippen LogP contribution < -0.4 is 15.4 Å². The average Bonchev–Trinajstić information content (AvgIpc) is 3.67. The standard InChI is InChI=1S/C24H32FN5O2/c1-26-24(28-15-19-4-9-23(27-14-19)32-17-18-2-3-18)29-16-22(30-10-12-31-13-11-30)20-5-7-21(25)8-6-20/h4-9,14,18,22H,2-3,10-13,15-17H2,1H3,(H2,26,28,29). The second kappa shape index (κ2) is 11.2. The van der Waals surface area contributed by atoms with Gasteiger partial charge in [-0.15, -0.1) is 0 Å². The number of nitrogens with zero attached hydrogens (tertiary/aromatic N) is 3. The summed E-state index contributed by atoms with van der Waals surface area (Å²) in [5.74, 6) is 1.87. The number of hydrogen-bond donors (Lipinski definition) is 2. The molecule has 1 aliphatic carbocycles. The summed E-state index contributed by atoms with van der Waals surface area (Å²) in [5, 5.41) is 6.76. The van der Waals surface area contributed by atoms with Crippen molar-refractivity contribution in [2.24, 2.45) is 10.9 Å². The Bertz CT molecular complexity index is 865. The zero-order valence-corrected chi connectivity index (χ0v) is 18.6. The van der Waals surface area contributed by atoms with Crippen molar-refractivity contribution in [3.05, 3.63) is 59.5 Å². The molecule has 2 heterocycles. The van der Waals surface area contributed by atoms with E-state index >= 15 is 0 Å². The molecule has 32 heavy (non-hydrogen) atoms. The van der Waals surface area contributed by atoms with E-state index in [2.05, 4.69) is 25.5 Å². The van der Waals surface area contributed by atoms with E-state index in [1.54, 1.807) is 7.05 Å². The van der Waals surface area contributed by atoms with Crippen LogP contribution in [-0.2, 0) is 11.3 Å². The van der Waals surface area contributed by atoms with Crippen LogP contribution in [0.4, 0.5) is 4.39 Å². The fraction of sp³-hybridized carbons (Fsp3) is 0.500. The Morgan fingerprint density at radius 1 is 1.19 bits per heavy atom. The fourth-order valence-electron chi connectivity index (χ4n) is 3.72. The van der Waals surface area contributed by atoms with Crippen LogP contribution in [-0.4, -0.2) is 62.3 Å². The van der Waals surface area contributed by atoms with E-state index in [-0.39, 0.29) is 11.9 Å². The first kappa shape index (κ1) is 22.5. The van der Waals surface area contributed by atoms with Gasteiger partial charge < -0.3 is 20.1 Å². The minimum absolute atomic E-state index is 0.0996. The second-order valence-corrected chi connectivity index (χ2v) is 8.28. The molecule has 1 saturated heterocycles. The maximum Gasteiger partial charge on any atom is 0.213 e. The first-order chi connectivity index (χ1) is 15.7. The van der Waals surface area contributed by atoms with Crippen LogP contribution in [0.3, 0.4) is 0 Å². The Hall–Kier alpha value is -2.71. The first-order valence-corrected chi connectivity index (χ1v) is 11.3. The summed E-state index contributed by atoms with van der Waals surface area (Å²) in [6.07, 6.45) is 4.36. The van der Waals surface area contributed by atoms with Crippen LogP contribution >= 0.6 is 0 Å². The monoisotopic (exact) mass is 441 g/mol. The minimum atomic E-state index is -0.225. The van der Waals surface area contributed by atoms with Crippen molar-refractivity contribution in [2.75, 3.05) is 46.5 Å². The van der Waals surface area contributed by atoms with Crippen molar-refractivity contribution in [1.29, 1.82) is 0 Å². The summed E-state index contributed by atoms with van der Waals surface area (Å²) in [5.41, 5.74) is 2.12. The van der Waals surface area contributed by atoms with Gasteiger partial charge in [0.1, 0.15) is 5.82 Å². The molecule has 2 fully saturated rings. The van der Waals surface area contributed by atoms with Gasteiger partial charge in [-0.3, -0.25) is 9.89 Å². The third kappa shape index (κ3) is 6.64. The molecule has 2 aromatic rings. The van der Waals surface area contributed by atoms with Gasteiger partial charge in [-0.2, -0.15) is 0 Å². The Morgan fingerprint density at radius 2 is 1.97 bits per heavy atom.